The summed E-state index contributed by atoms with van der Waals surface area (Å²) < 4.78 is 0. The highest BCUT2D eigenvalue weighted by atomic mass is 32.2. The average Bonchev–Trinajstić information content (AvgIpc) is 2.36. The summed E-state index contributed by atoms with van der Waals surface area (Å²) in [6, 6.07) is 6.39. The molecule has 0 saturated carbocycles. The van der Waals surface area contributed by atoms with E-state index in [2.05, 4.69) is 28.8 Å². The molecule has 1 aliphatic heterocycles. The summed E-state index contributed by atoms with van der Waals surface area (Å²) in [4.78, 5) is 13.7. The van der Waals surface area contributed by atoms with Gasteiger partial charge in [0, 0.05) is 28.5 Å². The van der Waals surface area contributed by atoms with Crippen molar-refractivity contribution in [1.29, 1.82) is 0 Å². The molecule has 3 nitrogen and oxygen atoms in total. The van der Waals surface area contributed by atoms with Crippen LogP contribution in [0.15, 0.2) is 45.8 Å². The van der Waals surface area contributed by atoms with Crippen molar-refractivity contribution in [1.82, 2.24) is 5.32 Å². The van der Waals surface area contributed by atoms with Crippen molar-refractivity contribution < 1.29 is 4.79 Å². The van der Waals surface area contributed by atoms with E-state index in [-0.39, 0.29) is 5.78 Å². The SMILES string of the molecule is CNCc1ccc2c(c1)SC1=C(C=CC(=O)C1)N2. The average molecular weight is 258 g/mol. The summed E-state index contributed by atoms with van der Waals surface area (Å²) in [5.74, 6) is 0.179. The zero-order chi connectivity index (χ0) is 12.5. The number of benzene rings is 1. The molecule has 1 aromatic carbocycles. The van der Waals surface area contributed by atoms with Gasteiger partial charge in [0.05, 0.1) is 5.69 Å². The molecule has 1 aliphatic carbocycles. The summed E-state index contributed by atoms with van der Waals surface area (Å²) >= 11 is 1.70. The van der Waals surface area contributed by atoms with Gasteiger partial charge in [-0.1, -0.05) is 17.8 Å². The second kappa shape index (κ2) is 4.63. The second-order valence-corrected chi connectivity index (χ2v) is 5.54. The number of hydrogen-bond acceptors (Lipinski definition) is 4. The van der Waals surface area contributed by atoms with Gasteiger partial charge >= 0.3 is 0 Å². The summed E-state index contributed by atoms with van der Waals surface area (Å²) in [5.41, 5.74) is 3.44. The molecule has 0 amide bonds. The van der Waals surface area contributed by atoms with Crippen LogP contribution in [0.3, 0.4) is 0 Å². The Balaban J connectivity index is 1.92. The minimum Gasteiger partial charge on any atom is -0.354 e. The number of fused-ring (bicyclic) bond motifs is 1. The molecule has 0 saturated heterocycles. The Morgan fingerprint density at radius 1 is 1.39 bits per heavy atom. The first-order valence-electron chi connectivity index (χ1n) is 5.93. The standard InChI is InChI=1S/C14H14N2OS/c1-15-8-9-2-4-11-13(6-9)18-14-7-10(17)3-5-12(14)16-11/h2-6,15-16H,7-8H2,1H3. The van der Waals surface area contributed by atoms with E-state index in [0.29, 0.717) is 6.42 Å². The van der Waals surface area contributed by atoms with E-state index in [9.17, 15) is 4.79 Å². The van der Waals surface area contributed by atoms with Gasteiger partial charge in [-0.15, -0.1) is 0 Å². The van der Waals surface area contributed by atoms with E-state index in [1.54, 1.807) is 17.8 Å². The quantitative estimate of drug-likeness (QED) is 0.855. The lowest BCUT2D eigenvalue weighted by Gasteiger charge is -2.24. The van der Waals surface area contributed by atoms with E-state index in [1.165, 1.54) is 10.5 Å². The lowest BCUT2D eigenvalue weighted by molar-refractivity contribution is -0.114. The van der Waals surface area contributed by atoms with Crippen LogP contribution in [-0.4, -0.2) is 12.8 Å². The molecular formula is C14H14N2OS. The maximum atomic E-state index is 11.4. The maximum absolute atomic E-state index is 11.4. The summed E-state index contributed by atoms with van der Waals surface area (Å²) in [5, 5.41) is 6.54. The Hall–Kier alpha value is -1.52. The van der Waals surface area contributed by atoms with Crippen molar-refractivity contribution in [2.24, 2.45) is 0 Å². The fourth-order valence-corrected chi connectivity index (χ4v) is 3.28. The molecule has 0 fully saturated rings. The van der Waals surface area contributed by atoms with E-state index in [0.717, 1.165) is 22.8 Å². The van der Waals surface area contributed by atoms with Crippen molar-refractivity contribution >= 4 is 23.2 Å². The first-order valence-corrected chi connectivity index (χ1v) is 6.74. The third kappa shape index (κ3) is 2.09. The Morgan fingerprint density at radius 2 is 2.28 bits per heavy atom. The molecule has 0 aromatic heterocycles. The van der Waals surface area contributed by atoms with Gasteiger partial charge in [0.2, 0.25) is 0 Å². The number of rotatable bonds is 2. The largest absolute Gasteiger partial charge is 0.354 e. The first-order chi connectivity index (χ1) is 8.76. The monoisotopic (exact) mass is 258 g/mol. The van der Waals surface area contributed by atoms with Crippen molar-refractivity contribution in [3.8, 4) is 0 Å². The van der Waals surface area contributed by atoms with E-state index >= 15 is 0 Å². The van der Waals surface area contributed by atoms with Gasteiger partial charge in [0.25, 0.3) is 0 Å². The number of hydrogen-bond donors (Lipinski definition) is 2. The molecule has 3 rings (SSSR count). The molecule has 92 valence electrons. The predicted molar refractivity (Wildman–Crippen MR) is 74.5 cm³/mol. The van der Waals surface area contributed by atoms with Crippen LogP contribution in [0.25, 0.3) is 0 Å². The van der Waals surface area contributed by atoms with Crippen LogP contribution in [0, 0.1) is 0 Å². The van der Waals surface area contributed by atoms with Crippen molar-refractivity contribution in [2.75, 3.05) is 12.4 Å². The Bertz CT molecular complexity index is 575. The topological polar surface area (TPSA) is 41.1 Å². The van der Waals surface area contributed by atoms with Gasteiger partial charge in [0.15, 0.2) is 5.78 Å². The fraction of sp³-hybridized carbons (Fsp3) is 0.214. The van der Waals surface area contributed by atoms with Crippen LogP contribution >= 0.6 is 11.8 Å². The highest BCUT2D eigenvalue weighted by Crippen LogP contribution is 2.43. The molecule has 0 radical (unpaired) electrons. The summed E-state index contributed by atoms with van der Waals surface area (Å²) in [6.45, 7) is 0.860. The van der Waals surface area contributed by atoms with Crippen LogP contribution in [0.2, 0.25) is 0 Å². The zero-order valence-electron chi connectivity index (χ0n) is 10.1. The third-order valence-electron chi connectivity index (χ3n) is 3.00. The Labute approximate surface area is 110 Å². The van der Waals surface area contributed by atoms with Gasteiger partial charge < -0.3 is 10.6 Å². The van der Waals surface area contributed by atoms with Crippen molar-refractivity contribution in [3.05, 3.63) is 46.5 Å². The molecule has 2 N–H and O–H groups in total. The van der Waals surface area contributed by atoms with Crippen LogP contribution in [0.1, 0.15) is 12.0 Å². The van der Waals surface area contributed by atoms with E-state index in [1.807, 2.05) is 13.1 Å². The molecule has 0 unspecified atom stereocenters. The molecule has 0 bridgehead atoms. The number of carbonyl (C=O) groups excluding carboxylic acids is 1. The lowest BCUT2D eigenvalue weighted by atomic mass is 10.1. The van der Waals surface area contributed by atoms with Crippen LogP contribution in [0.4, 0.5) is 5.69 Å². The van der Waals surface area contributed by atoms with Gasteiger partial charge in [-0.3, -0.25) is 4.79 Å². The molecule has 4 heteroatoms. The minimum absolute atomic E-state index is 0.179. The van der Waals surface area contributed by atoms with E-state index < -0.39 is 0 Å². The Morgan fingerprint density at radius 3 is 3.11 bits per heavy atom. The number of nitrogens with one attached hydrogen (secondary N) is 2. The summed E-state index contributed by atoms with van der Waals surface area (Å²) in [6.07, 6.45) is 4.03. The molecule has 1 aromatic rings. The van der Waals surface area contributed by atoms with Crippen LogP contribution in [-0.2, 0) is 11.3 Å². The van der Waals surface area contributed by atoms with Gasteiger partial charge in [-0.25, -0.2) is 0 Å². The number of anilines is 1. The fourth-order valence-electron chi connectivity index (χ4n) is 2.13. The van der Waals surface area contributed by atoms with Crippen LogP contribution < -0.4 is 10.6 Å². The first kappa shape index (κ1) is 11.6. The summed E-state index contributed by atoms with van der Waals surface area (Å²) in [7, 11) is 1.94. The second-order valence-electron chi connectivity index (χ2n) is 4.40. The van der Waals surface area contributed by atoms with Gasteiger partial charge in [-0.05, 0) is 36.9 Å². The van der Waals surface area contributed by atoms with Gasteiger partial charge in [-0.2, -0.15) is 0 Å². The lowest BCUT2D eigenvalue weighted by Crippen LogP contribution is -2.13. The zero-order valence-corrected chi connectivity index (χ0v) is 10.9. The minimum atomic E-state index is 0.179. The molecule has 0 atom stereocenters. The molecule has 18 heavy (non-hydrogen) atoms. The molecule has 0 spiro atoms. The number of allylic oxidation sites excluding steroid dienone is 3. The number of thioether (sulfide) groups is 1. The number of ketones is 1. The van der Waals surface area contributed by atoms with Crippen molar-refractivity contribution in [3.63, 3.8) is 0 Å². The van der Waals surface area contributed by atoms with Gasteiger partial charge in [0.1, 0.15) is 0 Å². The smallest absolute Gasteiger partial charge is 0.160 e. The van der Waals surface area contributed by atoms with Crippen LogP contribution in [0.5, 0.6) is 0 Å². The van der Waals surface area contributed by atoms with Crippen molar-refractivity contribution in [2.45, 2.75) is 17.9 Å². The molecular weight excluding hydrogens is 244 g/mol. The maximum Gasteiger partial charge on any atom is 0.160 e. The number of carbonyl (C=O) groups is 1. The highest BCUT2D eigenvalue weighted by molar-refractivity contribution is 8.03. The van der Waals surface area contributed by atoms with E-state index in [4.69, 9.17) is 0 Å². The third-order valence-corrected chi connectivity index (χ3v) is 4.17. The normalized spacial score (nSPS) is 17.3. The molecule has 1 heterocycles. The Kier molecular flexibility index (Phi) is 2.97. The molecule has 2 aliphatic rings. The highest BCUT2D eigenvalue weighted by Gasteiger charge is 2.21. The predicted octanol–water partition coefficient (Wildman–Crippen LogP) is 2.66.